The summed E-state index contributed by atoms with van der Waals surface area (Å²) in [6.45, 7) is 1.72. The Bertz CT molecular complexity index is 991. The number of hydrogen-bond acceptors (Lipinski definition) is 7. The molecule has 0 saturated carbocycles. The predicted octanol–water partition coefficient (Wildman–Crippen LogP) is 1.72. The first-order chi connectivity index (χ1) is 13.7. The number of ether oxygens (including phenoxy) is 2. The van der Waals surface area contributed by atoms with Gasteiger partial charge in [-0.3, -0.25) is 9.10 Å². The zero-order valence-corrected chi connectivity index (χ0v) is 17.1. The third-order valence-electron chi connectivity index (χ3n) is 3.72. The van der Waals surface area contributed by atoms with Crippen molar-refractivity contribution in [1.82, 2.24) is 5.43 Å². The minimum absolute atomic E-state index is 0.00452. The molecule has 0 radical (unpaired) electrons. The van der Waals surface area contributed by atoms with Crippen molar-refractivity contribution in [3.63, 3.8) is 0 Å². The average Bonchev–Trinajstić information content (AvgIpc) is 2.68. The Balaban J connectivity index is 2.09. The molecule has 9 nitrogen and oxygen atoms in total. The zero-order chi connectivity index (χ0) is 21.4. The summed E-state index contributed by atoms with van der Waals surface area (Å²) >= 11 is 0. The Morgan fingerprint density at radius 2 is 2.03 bits per heavy atom. The molecule has 0 aromatic heterocycles. The van der Waals surface area contributed by atoms with Crippen LogP contribution >= 0.6 is 0 Å². The number of amides is 1. The van der Waals surface area contributed by atoms with Crippen LogP contribution in [0, 0.1) is 0 Å². The van der Waals surface area contributed by atoms with Crippen LogP contribution in [0.3, 0.4) is 0 Å². The summed E-state index contributed by atoms with van der Waals surface area (Å²) in [7, 11) is -2.25. The lowest BCUT2D eigenvalue weighted by molar-refractivity contribution is -0.119. The number of nitrogens with zero attached hydrogens (tertiary/aromatic N) is 2. The van der Waals surface area contributed by atoms with Gasteiger partial charge in [0.15, 0.2) is 11.5 Å². The maximum absolute atomic E-state index is 12.2. The lowest BCUT2D eigenvalue weighted by Gasteiger charge is -2.21. The maximum atomic E-state index is 12.2. The number of phenolic OH excluding ortho intramolecular Hbond substituents is 1. The molecule has 2 aromatic rings. The molecule has 1 amide bonds. The molecule has 0 heterocycles. The average molecular weight is 421 g/mol. The Morgan fingerprint density at radius 3 is 2.69 bits per heavy atom. The van der Waals surface area contributed by atoms with Gasteiger partial charge >= 0.3 is 0 Å². The van der Waals surface area contributed by atoms with Gasteiger partial charge in [0.05, 0.1) is 31.9 Å². The van der Waals surface area contributed by atoms with E-state index >= 15 is 0 Å². The lowest BCUT2D eigenvalue weighted by Crippen LogP contribution is -2.39. The van der Waals surface area contributed by atoms with Gasteiger partial charge in [0.2, 0.25) is 10.0 Å². The van der Waals surface area contributed by atoms with Crippen LogP contribution in [-0.4, -0.2) is 52.2 Å². The number of carbonyl (C=O) groups is 1. The monoisotopic (exact) mass is 421 g/mol. The number of benzene rings is 2. The summed E-state index contributed by atoms with van der Waals surface area (Å²) in [5.41, 5.74) is 3.17. The number of aromatic hydroxyl groups is 1. The van der Waals surface area contributed by atoms with Crippen LogP contribution in [-0.2, 0) is 14.8 Å². The van der Waals surface area contributed by atoms with Gasteiger partial charge in [-0.05, 0) is 42.8 Å². The standard InChI is InChI=1S/C19H23N3O6S/c1-4-28-18-10-14(8-9-17(18)23)12-20-21-19(24)13-22(29(3,25)26)15-6-5-7-16(11-15)27-2/h5-12,23H,4,13H2,1-3H3,(H,21,24)/b20-12-. The number of nitrogens with one attached hydrogen (secondary N) is 1. The van der Waals surface area contributed by atoms with E-state index in [1.165, 1.54) is 25.5 Å². The Hall–Kier alpha value is -3.27. The van der Waals surface area contributed by atoms with Crippen molar-refractivity contribution in [2.24, 2.45) is 5.10 Å². The summed E-state index contributed by atoms with van der Waals surface area (Å²) < 4.78 is 35.6. The number of carbonyl (C=O) groups excluding carboxylic acids is 1. The maximum Gasteiger partial charge on any atom is 0.260 e. The minimum Gasteiger partial charge on any atom is -0.504 e. The number of rotatable bonds is 9. The van der Waals surface area contributed by atoms with Crippen molar-refractivity contribution in [3.05, 3.63) is 48.0 Å². The third-order valence-corrected chi connectivity index (χ3v) is 4.86. The summed E-state index contributed by atoms with van der Waals surface area (Å²) in [4.78, 5) is 12.2. The van der Waals surface area contributed by atoms with Crippen LogP contribution in [0.25, 0.3) is 0 Å². The van der Waals surface area contributed by atoms with E-state index in [1.807, 2.05) is 0 Å². The van der Waals surface area contributed by atoms with E-state index in [4.69, 9.17) is 9.47 Å². The molecule has 2 aromatic carbocycles. The van der Waals surface area contributed by atoms with Gasteiger partial charge in [0.1, 0.15) is 12.3 Å². The number of sulfonamides is 1. The molecular weight excluding hydrogens is 398 g/mol. The van der Waals surface area contributed by atoms with E-state index in [0.29, 0.717) is 29.4 Å². The van der Waals surface area contributed by atoms with Gasteiger partial charge in [-0.15, -0.1) is 0 Å². The zero-order valence-electron chi connectivity index (χ0n) is 16.3. The number of methoxy groups -OCH3 is 1. The Labute approximate surface area is 169 Å². The largest absolute Gasteiger partial charge is 0.504 e. The highest BCUT2D eigenvalue weighted by molar-refractivity contribution is 7.92. The highest BCUT2D eigenvalue weighted by Crippen LogP contribution is 2.26. The van der Waals surface area contributed by atoms with Gasteiger partial charge in [0, 0.05) is 6.07 Å². The number of hydrogen-bond donors (Lipinski definition) is 2. The molecule has 0 aliphatic carbocycles. The van der Waals surface area contributed by atoms with E-state index in [-0.39, 0.29) is 5.75 Å². The Kier molecular flexibility index (Phi) is 7.43. The normalized spacial score (nSPS) is 11.3. The second-order valence-corrected chi connectivity index (χ2v) is 7.83. The summed E-state index contributed by atoms with van der Waals surface area (Å²) in [6.07, 6.45) is 2.37. The molecular formula is C19H23N3O6S. The molecule has 0 spiro atoms. The molecule has 2 N–H and O–H groups in total. The van der Waals surface area contributed by atoms with E-state index in [9.17, 15) is 18.3 Å². The molecule has 156 valence electrons. The van der Waals surface area contributed by atoms with Crippen molar-refractivity contribution in [2.45, 2.75) is 6.92 Å². The molecule has 2 rings (SSSR count). The number of hydrazone groups is 1. The van der Waals surface area contributed by atoms with E-state index in [0.717, 1.165) is 10.6 Å². The smallest absolute Gasteiger partial charge is 0.260 e. The van der Waals surface area contributed by atoms with Crippen molar-refractivity contribution in [2.75, 3.05) is 30.8 Å². The molecule has 0 aliphatic rings. The summed E-state index contributed by atoms with van der Waals surface area (Å²) in [5, 5.41) is 13.5. The fourth-order valence-corrected chi connectivity index (χ4v) is 3.24. The highest BCUT2D eigenvalue weighted by Gasteiger charge is 2.21. The van der Waals surface area contributed by atoms with E-state index in [2.05, 4.69) is 10.5 Å². The summed E-state index contributed by atoms with van der Waals surface area (Å²) in [6, 6.07) is 11.0. The van der Waals surface area contributed by atoms with Crippen LogP contribution in [0.1, 0.15) is 12.5 Å². The van der Waals surface area contributed by atoms with E-state index in [1.54, 1.807) is 37.3 Å². The quantitative estimate of drug-likeness (QED) is 0.470. The van der Waals surface area contributed by atoms with Crippen LogP contribution in [0.4, 0.5) is 5.69 Å². The molecule has 10 heteroatoms. The van der Waals surface area contributed by atoms with Crippen LogP contribution in [0.2, 0.25) is 0 Å². The topological polar surface area (TPSA) is 118 Å². The molecule has 0 saturated heterocycles. The van der Waals surface area contributed by atoms with Crippen LogP contribution < -0.4 is 19.2 Å². The van der Waals surface area contributed by atoms with Gasteiger partial charge in [-0.1, -0.05) is 6.07 Å². The van der Waals surface area contributed by atoms with Gasteiger partial charge in [-0.25, -0.2) is 13.8 Å². The van der Waals surface area contributed by atoms with Gasteiger partial charge in [0.25, 0.3) is 5.91 Å². The van der Waals surface area contributed by atoms with Crippen molar-refractivity contribution < 1.29 is 27.8 Å². The molecule has 29 heavy (non-hydrogen) atoms. The SMILES string of the molecule is CCOc1cc(/C=N\NC(=O)CN(c2cccc(OC)c2)S(C)(=O)=O)ccc1O. The van der Waals surface area contributed by atoms with Crippen molar-refractivity contribution >= 4 is 27.8 Å². The van der Waals surface area contributed by atoms with Gasteiger partial charge in [-0.2, -0.15) is 5.10 Å². The van der Waals surface area contributed by atoms with Crippen LogP contribution in [0.5, 0.6) is 17.2 Å². The fraction of sp³-hybridized carbons (Fsp3) is 0.263. The minimum atomic E-state index is -3.71. The first-order valence-corrected chi connectivity index (χ1v) is 10.5. The lowest BCUT2D eigenvalue weighted by atomic mass is 10.2. The first-order valence-electron chi connectivity index (χ1n) is 8.64. The van der Waals surface area contributed by atoms with Gasteiger partial charge < -0.3 is 14.6 Å². The Morgan fingerprint density at radius 1 is 1.28 bits per heavy atom. The second-order valence-electron chi connectivity index (χ2n) is 5.92. The molecule has 0 bridgehead atoms. The third kappa shape index (κ3) is 6.39. The van der Waals surface area contributed by atoms with Crippen molar-refractivity contribution in [3.8, 4) is 17.2 Å². The second kappa shape index (κ2) is 9.78. The molecule has 0 fully saturated rings. The first kappa shape index (κ1) is 22.0. The highest BCUT2D eigenvalue weighted by atomic mass is 32.2. The van der Waals surface area contributed by atoms with Crippen molar-refractivity contribution in [1.29, 1.82) is 0 Å². The molecule has 0 atom stereocenters. The van der Waals surface area contributed by atoms with Crippen LogP contribution in [0.15, 0.2) is 47.6 Å². The molecule has 0 unspecified atom stereocenters. The summed E-state index contributed by atoms with van der Waals surface area (Å²) in [5.74, 6) is 0.129. The number of phenols is 1. The van der Waals surface area contributed by atoms with E-state index < -0.39 is 22.5 Å². The molecule has 0 aliphatic heterocycles. The fourth-order valence-electron chi connectivity index (χ4n) is 2.39. The predicted molar refractivity (Wildman–Crippen MR) is 110 cm³/mol. The number of anilines is 1.